The highest BCUT2D eigenvalue weighted by Gasteiger charge is 2.43. The number of rotatable bonds is 3. The van der Waals surface area contributed by atoms with E-state index in [1.54, 1.807) is 0 Å². The molecule has 1 saturated heterocycles. The molecule has 2 aromatic carbocycles. The van der Waals surface area contributed by atoms with E-state index in [2.05, 4.69) is 39.0 Å². The molecule has 0 radical (unpaired) electrons. The van der Waals surface area contributed by atoms with Crippen LogP contribution >= 0.6 is 11.6 Å². The fourth-order valence-electron chi connectivity index (χ4n) is 4.59. The normalized spacial score (nSPS) is 23.5. The molecule has 1 atom stereocenters. The molecule has 0 amide bonds. The average Bonchev–Trinajstić information content (AvgIpc) is 2.74. The van der Waals surface area contributed by atoms with Gasteiger partial charge < -0.3 is 9.47 Å². The Hall–Kier alpha value is -1.94. The summed E-state index contributed by atoms with van der Waals surface area (Å²) in [5.74, 6) is 0.419. The van der Waals surface area contributed by atoms with E-state index in [1.165, 1.54) is 0 Å². The van der Waals surface area contributed by atoms with Crippen molar-refractivity contribution >= 4 is 23.0 Å². The summed E-state index contributed by atoms with van der Waals surface area (Å²) in [4.78, 5) is 13.0. The third-order valence-corrected chi connectivity index (χ3v) is 6.84. The Kier molecular flexibility index (Phi) is 5.65. The number of hydrogen-bond donors (Lipinski definition) is 0. The number of hydrogen-bond acceptors (Lipinski definition) is 3. The van der Waals surface area contributed by atoms with Gasteiger partial charge in [0.05, 0.1) is 5.60 Å². The Morgan fingerprint density at radius 3 is 2.34 bits per heavy atom. The van der Waals surface area contributed by atoms with Gasteiger partial charge in [-0.05, 0) is 85.6 Å². The van der Waals surface area contributed by atoms with Crippen molar-refractivity contribution in [3.8, 4) is 11.1 Å². The van der Waals surface area contributed by atoms with Gasteiger partial charge in [0, 0.05) is 23.8 Å². The molecule has 0 spiro atoms. The van der Waals surface area contributed by atoms with E-state index in [0.717, 1.165) is 59.5 Å². The molecule has 0 saturated carbocycles. The molecule has 4 heteroatoms. The Balaban J connectivity index is 1.81. The summed E-state index contributed by atoms with van der Waals surface area (Å²) in [7, 11) is 0. The van der Waals surface area contributed by atoms with Crippen molar-refractivity contribution in [3.05, 3.63) is 64.2 Å². The zero-order valence-corrected chi connectivity index (χ0v) is 18.0. The Morgan fingerprint density at radius 1 is 1.00 bits per heavy atom. The van der Waals surface area contributed by atoms with Gasteiger partial charge in [-0.25, -0.2) is 0 Å². The molecular weight excluding hydrogens is 384 g/mol. The molecule has 152 valence electrons. The van der Waals surface area contributed by atoms with Crippen LogP contribution in [0.2, 0.25) is 5.02 Å². The predicted molar refractivity (Wildman–Crippen MR) is 117 cm³/mol. The molecule has 0 aromatic heterocycles. The minimum absolute atomic E-state index is 0.0587. The average molecular weight is 411 g/mol. The van der Waals surface area contributed by atoms with Crippen molar-refractivity contribution in [2.24, 2.45) is 5.92 Å². The third kappa shape index (κ3) is 3.79. The highest BCUT2D eigenvalue weighted by atomic mass is 35.5. The summed E-state index contributed by atoms with van der Waals surface area (Å²) in [6.07, 6.45) is 1.91. The highest BCUT2D eigenvalue weighted by Crippen LogP contribution is 2.43. The smallest absolute Gasteiger partial charge is 0.189 e. The molecule has 0 N–H and O–H groups in total. The number of carbonyl (C=O) groups is 1. The first kappa shape index (κ1) is 20.3. The van der Waals surface area contributed by atoms with E-state index in [-0.39, 0.29) is 12.4 Å². The van der Waals surface area contributed by atoms with Crippen LogP contribution in [0, 0.1) is 12.8 Å². The molecule has 4 rings (SSSR count). The second-order valence-corrected chi connectivity index (χ2v) is 8.68. The van der Waals surface area contributed by atoms with Gasteiger partial charge >= 0.3 is 0 Å². The summed E-state index contributed by atoms with van der Waals surface area (Å²) in [5, 5.41) is 0.714. The van der Waals surface area contributed by atoms with Gasteiger partial charge in [0.1, 0.15) is 6.61 Å². The van der Waals surface area contributed by atoms with Crippen molar-refractivity contribution in [1.29, 1.82) is 0 Å². The van der Waals surface area contributed by atoms with Crippen molar-refractivity contribution in [2.45, 2.75) is 39.2 Å². The summed E-state index contributed by atoms with van der Waals surface area (Å²) >= 11 is 6.05. The van der Waals surface area contributed by atoms with Gasteiger partial charge in [-0.15, -0.1) is 0 Å². The number of ether oxygens (including phenoxy) is 2. The number of benzene rings is 2. The lowest BCUT2D eigenvalue weighted by molar-refractivity contribution is -0.132. The fraction of sp³-hybridized carbons (Fsp3) is 0.400. The molecule has 2 aliphatic rings. The summed E-state index contributed by atoms with van der Waals surface area (Å²) < 4.78 is 11.7. The van der Waals surface area contributed by atoms with E-state index < -0.39 is 5.60 Å². The molecule has 3 nitrogen and oxygen atoms in total. The minimum atomic E-state index is -0.435. The van der Waals surface area contributed by atoms with Gasteiger partial charge in [0.15, 0.2) is 5.78 Å². The van der Waals surface area contributed by atoms with Gasteiger partial charge in [-0.1, -0.05) is 35.9 Å². The summed E-state index contributed by atoms with van der Waals surface area (Å²) in [5.41, 5.74) is 5.68. The maximum absolute atomic E-state index is 13.0. The maximum atomic E-state index is 13.0. The Bertz CT molecular complexity index is 955. The number of halogens is 1. The van der Waals surface area contributed by atoms with Crippen LogP contribution in [0.3, 0.4) is 0 Å². The lowest BCUT2D eigenvalue weighted by atomic mass is 9.73. The van der Waals surface area contributed by atoms with Gasteiger partial charge in [0.2, 0.25) is 0 Å². The van der Waals surface area contributed by atoms with Crippen molar-refractivity contribution < 1.29 is 14.3 Å². The van der Waals surface area contributed by atoms with Crippen LogP contribution in [0.1, 0.15) is 37.8 Å². The van der Waals surface area contributed by atoms with Crippen LogP contribution < -0.4 is 0 Å². The number of aryl methyl sites for hydroxylation is 1. The van der Waals surface area contributed by atoms with Crippen molar-refractivity contribution in [3.63, 3.8) is 0 Å². The number of ketones is 1. The monoisotopic (exact) mass is 410 g/mol. The fourth-order valence-corrected chi connectivity index (χ4v) is 4.72. The topological polar surface area (TPSA) is 35.5 Å². The van der Waals surface area contributed by atoms with E-state index in [9.17, 15) is 4.79 Å². The Labute approximate surface area is 177 Å². The van der Waals surface area contributed by atoms with Crippen LogP contribution in [0.25, 0.3) is 16.7 Å². The zero-order chi connectivity index (χ0) is 20.6. The largest absolute Gasteiger partial charge is 0.381 e. The summed E-state index contributed by atoms with van der Waals surface area (Å²) in [6.45, 7) is 7.91. The molecular formula is C25H27ClO3. The first-order chi connectivity index (χ1) is 13.9. The molecule has 1 fully saturated rings. The first-order valence-electron chi connectivity index (χ1n) is 10.2. The van der Waals surface area contributed by atoms with Gasteiger partial charge in [-0.2, -0.15) is 0 Å². The van der Waals surface area contributed by atoms with Crippen LogP contribution in [0.15, 0.2) is 48.0 Å². The first-order valence-corrected chi connectivity index (χ1v) is 10.6. The van der Waals surface area contributed by atoms with E-state index >= 15 is 0 Å². The molecule has 1 unspecified atom stereocenters. The number of carbonyl (C=O) groups excluding carboxylic acids is 1. The van der Waals surface area contributed by atoms with E-state index in [0.29, 0.717) is 10.9 Å². The minimum Gasteiger partial charge on any atom is -0.381 e. The molecule has 2 heterocycles. The second kappa shape index (κ2) is 8.06. The number of Topliss-reactive ketones (excluding diaryl/α,β-unsaturated/α-hetero) is 1. The second-order valence-electron chi connectivity index (χ2n) is 8.24. The van der Waals surface area contributed by atoms with Crippen molar-refractivity contribution in [1.82, 2.24) is 0 Å². The van der Waals surface area contributed by atoms with Crippen molar-refractivity contribution in [2.75, 3.05) is 19.8 Å². The van der Waals surface area contributed by atoms with Crippen LogP contribution in [-0.4, -0.2) is 31.2 Å². The summed E-state index contributed by atoms with van der Waals surface area (Å²) in [6, 6.07) is 14.1. The van der Waals surface area contributed by atoms with Gasteiger partial charge in [0.25, 0.3) is 0 Å². The van der Waals surface area contributed by atoms with E-state index in [1.807, 2.05) is 24.3 Å². The van der Waals surface area contributed by atoms with E-state index in [4.69, 9.17) is 21.1 Å². The molecule has 2 aromatic rings. The maximum Gasteiger partial charge on any atom is 0.189 e. The lowest BCUT2D eigenvalue weighted by Crippen LogP contribution is -2.46. The zero-order valence-electron chi connectivity index (χ0n) is 17.3. The predicted octanol–water partition coefficient (Wildman–Crippen LogP) is 5.87. The molecule has 0 aliphatic carbocycles. The molecule has 29 heavy (non-hydrogen) atoms. The van der Waals surface area contributed by atoms with Gasteiger partial charge in [-0.3, -0.25) is 4.79 Å². The quantitative estimate of drug-likeness (QED) is 0.634. The SMILES string of the molecule is CC1=C(c2cc(-c3ccc(Cl)cc3)ccc2C)C(=O)COC1(C)C1CCOCC1. The lowest BCUT2D eigenvalue weighted by Gasteiger charge is -2.44. The standard InChI is InChI=1S/C25H27ClO3/c1-16-4-5-19(18-6-8-21(26)9-7-18)14-22(16)24-17(2)25(3,29-15-23(24)27)20-10-12-28-13-11-20/h4-9,14,20H,10-13,15H2,1-3H3. The Morgan fingerprint density at radius 2 is 1.66 bits per heavy atom. The van der Waals surface area contributed by atoms with Crippen LogP contribution in [0.5, 0.6) is 0 Å². The highest BCUT2D eigenvalue weighted by molar-refractivity contribution is 6.30. The third-order valence-electron chi connectivity index (χ3n) is 6.59. The van der Waals surface area contributed by atoms with Crippen LogP contribution in [0.4, 0.5) is 0 Å². The van der Waals surface area contributed by atoms with Crippen LogP contribution in [-0.2, 0) is 14.3 Å². The molecule has 2 aliphatic heterocycles. The molecule has 0 bridgehead atoms.